The molecule has 0 saturated carbocycles. The van der Waals surface area contributed by atoms with Gasteiger partial charge in [-0.1, -0.05) is 0 Å². The van der Waals surface area contributed by atoms with Gasteiger partial charge in [0, 0.05) is 23.1 Å². The molecule has 0 spiro atoms. The number of aromatic nitrogens is 1. The molecule has 0 aromatic carbocycles. The van der Waals surface area contributed by atoms with Crippen molar-refractivity contribution in [3.8, 4) is 11.5 Å². The molecular weight excluding hydrogens is 246 g/mol. The second-order valence-electron chi connectivity index (χ2n) is 3.12. The maximum absolute atomic E-state index is 11.5. The standard InChI is InChI=1S/C10H13NO5S/c1-15-8-3-4-11-7(10(8)16-2)5-17(14)6-9(12)13/h3-4H,5-6H2,1-2H3,(H,12,13). The predicted octanol–water partition coefficient (Wildman–Crippen LogP) is 0.432. The van der Waals surface area contributed by atoms with Crippen LogP contribution in [0.5, 0.6) is 11.5 Å². The molecule has 1 N–H and O–H groups in total. The summed E-state index contributed by atoms with van der Waals surface area (Å²) in [6.07, 6.45) is 1.49. The Bertz CT molecular complexity index is 435. The van der Waals surface area contributed by atoms with Gasteiger partial charge < -0.3 is 14.6 Å². The Hall–Kier alpha value is -1.63. The molecule has 1 unspecified atom stereocenters. The summed E-state index contributed by atoms with van der Waals surface area (Å²) < 4.78 is 21.6. The van der Waals surface area contributed by atoms with Crippen LogP contribution in [-0.4, -0.2) is 40.2 Å². The molecule has 0 amide bonds. The first-order chi connectivity index (χ1) is 8.08. The number of carbonyl (C=O) groups is 1. The van der Waals surface area contributed by atoms with Gasteiger partial charge in [0.2, 0.25) is 0 Å². The first-order valence-electron chi connectivity index (χ1n) is 4.71. The Morgan fingerprint density at radius 1 is 1.47 bits per heavy atom. The maximum Gasteiger partial charge on any atom is 0.316 e. The summed E-state index contributed by atoms with van der Waals surface area (Å²) >= 11 is 0. The van der Waals surface area contributed by atoms with Crippen molar-refractivity contribution >= 4 is 16.8 Å². The van der Waals surface area contributed by atoms with Gasteiger partial charge in [0.05, 0.1) is 25.7 Å². The van der Waals surface area contributed by atoms with Crippen LogP contribution < -0.4 is 9.47 Å². The molecule has 1 rings (SSSR count). The minimum absolute atomic E-state index is 0.0205. The highest BCUT2D eigenvalue weighted by atomic mass is 32.2. The summed E-state index contributed by atoms with van der Waals surface area (Å²) in [7, 11) is 1.41. The highest BCUT2D eigenvalue weighted by Crippen LogP contribution is 2.29. The van der Waals surface area contributed by atoms with Crippen molar-refractivity contribution in [2.24, 2.45) is 0 Å². The molecule has 94 valence electrons. The maximum atomic E-state index is 11.5. The van der Waals surface area contributed by atoms with E-state index in [-0.39, 0.29) is 5.75 Å². The van der Waals surface area contributed by atoms with Gasteiger partial charge in [-0.3, -0.25) is 14.0 Å². The second kappa shape index (κ2) is 6.19. The average Bonchev–Trinajstić information content (AvgIpc) is 2.27. The van der Waals surface area contributed by atoms with Crippen molar-refractivity contribution in [2.45, 2.75) is 5.75 Å². The van der Waals surface area contributed by atoms with E-state index in [9.17, 15) is 9.00 Å². The quantitative estimate of drug-likeness (QED) is 0.797. The molecule has 0 saturated heterocycles. The number of aliphatic carboxylic acids is 1. The molecular formula is C10H13NO5S. The van der Waals surface area contributed by atoms with Crippen LogP contribution in [0.15, 0.2) is 12.3 Å². The summed E-state index contributed by atoms with van der Waals surface area (Å²) in [4.78, 5) is 14.4. The van der Waals surface area contributed by atoms with Gasteiger partial charge in [-0.2, -0.15) is 0 Å². The van der Waals surface area contributed by atoms with Crippen molar-refractivity contribution in [3.63, 3.8) is 0 Å². The van der Waals surface area contributed by atoms with Crippen LogP contribution >= 0.6 is 0 Å². The van der Waals surface area contributed by atoms with Crippen molar-refractivity contribution < 1.29 is 23.6 Å². The van der Waals surface area contributed by atoms with Crippen molar-refractivity contribution in [3.05, 3.63) is 18.0 Å². The molecule has 0 radical (unpaired) electrons. The lowest BCUT2D eigenvalue weighted by molar-refractivity contribution is -0.133. The van der Waals surface area contributed by atoms with E-state index in [4.69, 9.17) is 14.6 Å². The summed E-state index contributed by atoms with van der Waals surface area (Å²) in [6, 6.07) is 1.61. The number of pyridine rings is 1. The van der Waals surface area contributed by atoms with Gasteiger partial charge in [-0.25, -0.2) is 0 Å². The Morgan fingerprint density at radius 3 is 2.71 bits per heavy atom. The second-order valence-corrected chi connectivity index (χ2v) is 4.57. The lowest BCUT2D eigenvalue weighted by Gasteiger charge is -2.10. The Balaban J connectivity index is 2.90. The van der Waals surface area contributed by atoms with E-state index in [1.807, 2.05) is 0 Å². The fourth-order valence-electron chi connectivity index (χ4n) is 1.29. The molecule has 0 aliphatic carbocycles. The van der Waals surface area contributed by atoms with Crippen molar-refractivity contribution in [1.82, 2.24) is 4.98 Å². The third kappa shape index (κ3) is 3.70. The van der Waals surface area contributed by atoms with Crippen LogP contribution in [0.1, 0.15) is 5.69 Å². The first-order valence-corrected chi connectivity index (χ1v) is 6.20. The third-order valence-corrected chi connectivity index (χ3v) is 3.11. The summed E-state index contributed by atoms with van der Waals surface area (Å²) in [6.45, 7) is 0. The van der Waals surface area contributed by atoms with E-state index in [1.54, 1.807) is 6.07 Å². The smallest absolute Gasteiger partial charge is 0.316 e. The molecule has 0 fully saturated rings. The van der Waals surface area contributed by atoms with Crippen LogP contribution in [0.4, 0.5) is 0 Å². The van der Waals surface area contributed by atoms with Crippen LogP contribution in [0.25, 0.3) is 0 Å². The van der Waals surface area contributed by atoms with Gasteiger partial charge in [-0.15, -0.1) is 0 Å². The predicted molar refractivity (Wildman–Crippen MR) is 61.7 cm³/mol. The van der Waals surface area contributed by atoms with Crippen molar-refractivity contribution in [2.75, 3.05) is 20.0 Å². The first kappa shape index (κ1) is 13.4. The number of ether oxygens (including phenoxy) is 2. The monoisotopic (exact) mass is 259 g/mol. The topological polar surface area (TPSA) is 85.7 Å². The molecule has 1 atom stereocenters. The van der Waals surface area contributed by atoms with Crippen LogP contribution in [0.2, 0.25) is 0 Å². The third-order valence-electron chi connectivity index (χ3n) is 1.95. The normalized spacial score (nSPS) is 11.9. The van der Waals surface area contributed by atoms with Gasteiger partial charge >= 0.3 is 5.97 Å². The zero-order chi connectivity index (χ0) is 12.8. The zero-order valence-corrected chi connectivity index (χ0v) is 10.3. The lowest BCUT2D eigenvalue weighted by Crippen LogP contribution is -2.12. The van der Waals surface area contributed by atoms with E-state index in [0.29, 0.717) is 17.2 Å². The number of carboxylic acids is 1. The van der Waals surface area contributed by atoms with E-state index in [2.05, 4.69) is 4.98 Å². The average molecular weight is 259 g/mol. The molecule has 7 heteroatoms. The van der Waals surface area contributed by atoms with E-state index < -0.39 is 22.5 Å². The van der Waals surface area contributed by atoms with E-state index in [1.165, 1.54) is 20.4 Å². The largest absolute Gasteiger partial charge is 0.493 e. The van der Waals surface area contributed by atoms with E-state index in [0.717, 1.165) is 0 Å². The van der Waals surface area contributed by atoms with Gasteiger partial charge in [0.25, 0.3) is 0 Å². The fourth-order valence-corrected chi connectivity index (χ4v) is 2.18. The summed E-state index contributed by atoms with van der Waals surface area (Å²) in [5.41, 5.74) is 0.423. The summed E-state index contributed by atoms with van der Waals surface area (Å²) in [5.74, 6) is -0.641. The summed E-state index contributed by atoms with van der Waals surface area (Å²) in [5, 5.41) is 8.52. The van der Waals surface area contributed by atoms with Crippen LogP contribution in [0.3, 0.4) is 0 Å². The highest BCUT2D eigenvalue weighted by molar-refractivity contribution is 7.84. The minimum Gasteiger partial charge on any atom is -0.493 e. The van der Waals surface area contributed by atoms with E-state index >= 15 is 0 Å². The Labute approximate surface area is 101 Å². The van der Waals surface area contributed by atoms with Gasteiger partial charge in [0.1, 0.15) is 5.75 Å². The molecule has 0 aliphatic rings. The minimum atomic E-state index is -1.52. The SMILES string of the molecule is COc1ccnc(CS(=O)CC(=O)O)c1OC. The molecule has 6 nitrogen and oxygen atoms in total. The number of hydrogen-bond donors (Lipinski definition) is 1. The van der Waals surface area contributed by atoms with Gasteiger partial charge in [0.15, 0.2) is 11.5 Å². The molecule has 0 bridgehead atoms. The van der Waals surface area contributed by atoms with Crippen LogP contribution in [-0.2, 0) is 21.3 Å². The number of carboxylic acid groups (broad SMARTS) is 1. The van der Waals surface area contributed by atoms with Gasteiger partial charge in [-0.05, 0) is 0 Å². The van der Waals surface area contributed by atoms with Crippen LogP contribution in [0, 0.1) is 0 Å². The molecule has 1 aromatic heterocycles. The number of nitrogens with zero attached hydrogens (tertiary/aromatic N) is 1. The Morgan fingerprint density at radius 2 is 2.18 bits per heavy atom. The lowest BCUT2D eigenvalue weighted by atomic mass is 10.3. The number of hydrogen-bond acceptors (Lipinski definition) is 5. The molecule has 17 heavy (non-hydrogen) atoms. The fraction of sp³-hybridized carbons (Fsp3) is 0.400. The number of methoxy groups -OCH3 is 2. The van der Waals surface area contributed by atoms with Crippen molar-refractivity contribution in [1.29, 1.82) is 0 Å². The Kier molecular flexibility index (Phi) is 4.89. The molecule has 1 heterocycles. The molecule has 0 aliphatic heterocycles. The zero-order valence-electron chi connectivity index (χ0n) is 9.50. The highest BCUT2D eigenvalue weighted by Gasteiger charge is 2.15. The molecule has 1 aromatic rings. The number of rotatable bonds is 6.